The zero-order valence-corrected chi connectivity index (χ0v) is 10.3. The Balaban J connectivity index is 2.37. The molecule has 0 fully saturated rings. The van der Waals surface area contributed by atoms with Crippen LogP contribution in [0.1, 0.15) is 29.9 Å². The maximum Gasteiger partial charge on any atom is 0.159 e. The molecule has 0 aliphatic carbocycles. The van der Waals surface area contributed by atoms with Gasteiger partial charge in [-0.2, -0.15) is 0 Å². The molecular formula is C14H15F2NO. The smallest absolute Gasteiger partial charge is 0.159 e. The third-order valence-corrected chi connectivity index (χ3v) is 2.77. The molecule has 1 atom stereocenters. The molecule has 0 aliphatic rings. The van der Waals surface area contributed by atoms with E-state index < -0.39 is 11.6 Å². The Bertz CT molecular complexity index is 536. The van der Waals surface area contributed by atoms with Gasteiger partial charge in [0.1, 0.15) is 5.76 Å². The first kappa shape index (κ1) is 12.8. The summed E-state index contributed by atoms with van der Waals surface area (Å²) in [5.74, 6) is -0.886. The lowest BCUT2D eigenvalue weighted by atomic mass is 10.0. The molecule has 0 radical (unpaired) electrons. The molecule has 2 aromatic rings. The van der Waals surface area contributed by atoms with Gasteiger partial charge in [0, 0.05) is 5.56 Å². The fraction of sp³-hybridized carbons (Fsp3) is 0.286. The molecule has 0 saturated carbocycles. The summed E-state index contributed by atoms with van der Waals surface area (Å²) in [5, 5.41) is 3.23. The summed E-state index contributed by atoms with van der Waals surface area (Å²) in [6, 6.07) is 5.62. The molecule has 18 heavy (non-hydrogen) atoms. The van der Waals surface area contributed by atoms with E-state index in [0.29, 0.717) is 12.1 Å². The van der Waals surface area contributed by atoms with Crippen molar-refractivity contribution in [2.45, 2.75) is 19.9 Å². The Labute approximate surface area is 105 Å². The summed E-state index contributed by atoms with van der Waals surface area (Å²) in [6.45, 7) is 4.52. The number of hydrogen-bond donors (Lipinski definition) is 1. The van der Waals surface area contributed by atoms with Gasteiger partial charge in [0.25, 0.3) is 0 Å². The minimum atomic E-state index is -0.837. The third kappa shape index (κ3) is 2.59. The van der Waals surface area contributed by atoms with Gasteiger partial charge in [-0.1, -0.05) is 13.0 Å². The highest BCUT2D eigenvalue weighted by atomic mass is 19.2. The van der Waals surface area contributed by atoms with Gasteiger partial charge in [0.2, 0.25) is 0 Å². The summed E-state index contributed by atoms with van der Waals surface area (Å²) >= 11 is 0. The van der Waals surface area contributed by atoms with Gasteiger partial charge in [-0.15, -0.1) is 0 Å². The molecule has 0 aliphatic heterocycles. The van der Waals surface area contributed by atoms with Crippen LogP contribution in [0.5, 0.6) is 0 Å². The molecule has 1 heterocycles. The number of halogens is 2. The Morgan fingerprint density at radius 3 is 2.50 bits per heavy atom. The third-order valence-electron chi connectivity index (χ3n) is 2.77. The monoisotopic (exact) mass is 251 g/mol. The first-order valence-electron chi connectivity index (χ1n) is 5.85. The van der Waals surface area contributed by atoms with E-state index in [9.17, 15) is 8.78 Å². The summed E-state index contributed by atoms with van der Waals surface area (Å²) in [4.78, 5) is 0. The number of rotatable bonds is 4. The molecule has 96 valence electrons. The van der Waals surface area contributed by atoms with Gasteiger partial charge in [0.05, 0.1) is 12.3 Å². The highest BCUT2D eigenvalue weighted by molar-refractivity contribution is 5.31. The maximum absolute atomic E-state index is 13.3. The van der Waals surface area contributed by atoms with Crippen LogP contribution in [0.15, 0.2) is 34.9 Å². The second-order valence-electron chi connectivity index (χ2n) is 4.15. The van der Waals surface area contributed by atoms with Gasteiger partial charge in [-0.25, -0.2) is 8.78 Å². The molecule has 2 rings (SSSR count). The Morgan fingerprint density at radius 2 is 1.94 bits per heavy atom. The maximum atomic E-state index is 13.3. The number of nitrogens with one attached hydrogen (secondary N) is 1. The van der Waals surface area contributed by atoms with Crippen molar-refractivity contribution in [3.63, 3.8) is 0 Å². The predicted octanol–water partition coefficient (Wildman–Crippen LogP) is 3.57. The fourth-order valence-electron chi connectivity index (χ4n) is 1.94. The van der Waals surface area contributed by atoms with Crippen LogP contribution in [-0.4, -0.2) is 6.54 Å². The van der Waals surface area contributed by atoms with Crippen molar-refractivity contribution in [3.8, 4) is 0 Å². The number of hydrogen-bond acceptors (Lipinski definition) is 2. The van der Waals surface area contributed by atoms with Crippen LogP contribution >= 0.6 is 0 Å². The van der Waals surface area contributed by atoms with E-state index in [1.54, 1.807) is 12.3 Å². The van der Waals surface area contributed by atoms with Crippen molar-refractivity contribution < 1.29 is 13.2 Å². The van der Waals surface area contributed by atoms with Crippen LogP contribution < -0.4 is 5.32 Å². The van der Waals surface area contributed by atoms with E-state index >= 15 is 0 Å². The second-order valence-corrected chi connectivity index (χ2v) is 4.15. The zero-order valence-electron chi connectivity index (χ0n) is 10.3. The Kier molecular flexibility index (Phi) is 3.77. The van der Waals surface area contributed by atoms with Gasteiger partial charge < -0.3 is 9.73 Å². The highest BCUT2D eigenvalue weighted by Gasteiger charge is 2.16. The second kappa shape index (κ2) is 5.31. The number of aryl methyl sites for hydroxylation is 1. The minimum Gasteiger partial charge on any atom is -0.469 e. The molecule has 0 bridgehead atoms. The number of furan rings is 1. The normalized spacial score (nSPS) is 12.7. The summed E-state index contributed by atoms with van der Waals surface area (Å²) < 4.78 is 31.5. The van der Waals surface area contributed by atoms with E-state index in [4.69, 9.17) is 4.42 Å². The molecule has 1 aromatic carbocycles. The van der Waals surface area contributed by atoms with Gasteiger partial charge in [-0.05, 0) is 37.2 Å². The van der Waals surface area contributed by atoms with E-state index in [1.165, 1.54) is 6.07 Å². The van der Waals surface area contributed by atoms with Crippen LogP contribution in [0.4, 0.5) is 8.78 Å². The molecule has 1 aromatic heterocycles. The Hall–Kier alpha value is -1.68. The lowest BCUT2D eigenvalue weighted by Gasteiger charge is -2.16. The topological polar surface area (TPSA) is 25.2 Å². The van der Waals surface area contributed by atoms with Crippen LogP contribution in [0.3, 0.4) is 0 Å². The minimum absolute atomic E-state index is 0.192. The van der Waals surface area contributed by atoms with E-state index in [2.05, 4.69) is 5.32 Å². The van der Waals surface area contributed by atoms with Crippen LogP contribution in [0, 0.1) is 18.6 Å². The lowest BCUT2D eigenvalue weighted by Crippen LogP contribution is -2.21. The molecule has 1 unspecified atom stereocenters. The zero-order chi connectivity index (χ0) is 13.1. The van der Waals surface area contributed by atoms with E-state index in [1.807, 2.05) is 19.9 Å². The molecule has 1 N–H and O–H groups in total. The molecule has 0 amide bonds. The van der Waals surface area contributed by atoms with Gasteiger partial charge >= 0.3 is 0 Å². The fourth-order valence-corrected chi connectivity index (χ4v) is 1.94. The van der Waals surface area contributed by atoms with Crippen molar-refractivity contribution >= 4 is 0 Å². The average molecular weight is 251 g/mol. The lowest BCUT2D eigenvalue weighted by molar-refractivity contribution is 0.502. The average Bonchev–Trinajstić information content (AvgIpc) is 2.76. The number of benzene rings is 1. The molecular weight excluding hydrogens is 236 g/mol. The van der Waals surface area contributed by atoms with Crippen molar-refractivity contribution in [1.29, 1.82) is 0 Å². The summed E-state index contributed by atoms with van der Waals surface area (Å²) in [6.07, 6.45) is 1.63. The quantitative estimate of drug-likeness (QED) is 0.898. The standard InChI is InChI=1S/C14H15F2NO/c1-3-17-14(11-6-9(2)18-8-11)10-4-5-12(15)13(16)7-10/h4-8,14,17H,3H2,1-2H3. The van der Waals surface area contributed by atoms with Crippen LogP contribution in [-0.2, 0) is 0 Å². The first-order valence-corrected chi connectivity index (χ1v) is 5.85. The van der Waals surface area contributed by atoms with Crippen molar-refractivity contribution in [2.75, 3.05) is 6.54 Å². The van der Waals surface area contributed by atoms with Gasteiger partial charge in [-0.3, -0.25) is 0 Å². The molecule has 2 nitrogen and oxygen atoms in total. The molecule has 0 spiro atoms. The first-order chi connectivity index (χ1) is 8.61. The molecule has 0 saturated heterocycles. The summed E-state index contributed by atoms with van der Waals surface area (Å²) in [5.41, 5.74) is 1.58. The van der Waals surface area contributed by atoms with Crippen molar-refractivity contribution in [3.05, 3.63) is 59.1 Å². The van der Waals surface area contributed by atoms with Crippen molar-refractivity contribution in [2.24, 2.45) is 0 Å². The van der Waals surface area contributed by atoms with Crippen LogP contribution in [0.25, 0.3) is 0 Å². The van der Waals surface area contributed by atoms with Crippen LogP contribution in [0.2, 0.25) is 0 Å². The van der Waals surface area contributed by atoms with E-state index in [-0.39, 0.29) is 6.04 Å². The Morgan fingerprint density at radius 1 is 1.17 bits per heavy atom. The summed E-state index contributed by atoms with van der Waals surface area (Å²) in [7, 11) is 0. The predicted molar refractivity (Wildman–Crippen MR) is 65.3 cm³/mol. The highest BCUT2D eigenvalue weighted by Crippen LogP contribution is 2.25. The SMILES string of the molecule is CCNC(c1coc(C)c1)c1ccc(F)c(F)c1. The van der Waals surface area contributed by atoms with Gasteiger partial charge in [0.15, 0.2) is 11.6 Å². The van der Waals surface area contributed by atoms with E-state index in [0.717, 1.165) is 17.4 Å². The molecule has 4 heteroatoms. The van der Waals surface area contributed by atoms with Crippen molar-refractivity contribution in [1.82, 2.24) is 5.32 Å². The largest absolute Gasteiger partial charge is 0.469 e.